The summed E-state index contributed by atoms with van der Waals surface area (Å²) < 4.78 is 0. The Hall–Kier alpha value is -1.06. The van der Waals surface area contributed by atoms with E-state index in [4.69, 9.17) is 17.3 Å². The molecule has 92 valence electrons. The van der Waals surface area contributed by atoms with Crippen LogP contribution in [0.25, 0.3) is 0 Å². The minimum Gasteiger partial charge on any atom is -0.334 e. The fourth-order valence-electron chi connectivity index (χ4n) is 2.41. The Morgan fingerprint density at radius 2 is 2.24 bits per heavy atom. The quantitative estimate of drug-likeness (QED) is 0.878. The van der Waals surface area contributed by atoms with Crippen LogP contribution in [-0.2, 0) is 4.79 Å². The third kappa shape index (κ3) is 2.17. The van der Waals surface area contributed by atoms with Crippen LogP contribution in [0.1, 0.15) is 30.5 Å². The number of amides is 1. The molecule has 1 fully saturated rings. The van der Waals surface area contributed by atoms with E-state index in [0.29, 0.717) is 13.0 Å². The first-order valence-corrected chi connectivity index (χ1v) is 6.23. The molecular weight excluding hydrogens is 236 g/mol. The lowest BCUT2D eigenvalue weighted by Gasteiger charge is -2.26. The second kappa shape index (κ2) is 4.67. The summed E-state index contributed by atoms with van der Waals surface area (Å²) in [7, 11) is 0. The molecule has 4 heteroatoms. The number of halogens is 1. The van der Waals surface area contributed by atoms with Crippen molar-refractivity contribution in [3.8, 4) is 0 Å². The zero-order chi connectivity index (χ0) is 12.6. The number of aryl methyl sites for hydroxylation is 1. The summed E-state index contributed by atoms with van der Waals surface area (Å²) in [6, 6.07) is 5.73. The van der Waals surface area contributed by atoms with Gasteiger partial charge in [0.15, 0.2) is 0 Å². The van der Waals surface area contributed by atoms with E-state index >= 15 is 0 Å². The first-order valence-electron chi connectivity index (χ1n) is 5.85. The summed E-state index contributed by atoms with van der Waals surface area (Å²) in [6.45, 7) is 4.62. The lowest BCUT2D eigenvalue weighted by Crippen LogP contribution is -2.32. The van der Waals surface area contributed by atoms with Gasteiger partial charge in [-0.25, -0.2) is 0 Å². The van der Waals surface area contributed by atoms with Crippen LogP contribution in [0.15, 0.2) is 18.2 Å². The van der Waals surface area contributed by atoms with Crippen molar-refractivity contribution in [1.82, 2.24) is 4.90 Å². The summed E-state index contributed by atoms with van der Waals surface area (Å²) in [5.74, 6) is 0.127. The summed E-state index contributed by atoms with van der Waals surface area (Å²) >= 11 is 6.12. The molecule has 0 radical (unpaired) electrons. The standard InChI is InChI=1S/C13H17ClN2O/c1-3-16-12(17)7-11(15)13(16)9-5-4-8(2)10(14)6-9/h4-6,11,13H,3,7,15H2,1-2H3. The average molecular weight is 253 g/mol. The molecular formula is C13H17ClN2O. The molecule has 17 heavy (non-hydrogen) atoms. The van der Waals surface area contributed by atoms with Crippen molar-refractivity contribution in [3.63, 3.8) is 0 Å². The highest BCUT2D eigenvalue weighted by Crippen LogP contribution is 2.33. The number of likely N-dealkylation sites (N-methyl/N-ethyl adjacent to an activating group) is 1. The second-order valence-electron chi connectivity index (χ2n) is 4.50. The van der Waals surface area contributed by atoms with Crippen LogP contribution in [0.4, 0.5) is 0 Å². The van der Waals surface area contributed by atoms with Crippen LogP contribution < -0.4 is 5.73 Å². The average Bonchev–Trinajstić information content (AvgIpc) is 2.57. The molecule has 1 aliphatic heterocycles. The number of hydrogen-bond acceptors (Lipinski definition) is 2. The normalized spacial score (nSPS) is 24.5. The van der Waals surface area contributed by atoms with Gasteiger partial charge in [0.05, 0.1) is 6.04 Å². The molecule has 2 N–H and O–H groups in total. The largest absolute Gasteiger partial charge is 0.334 e. The van der Waals surface area contributed by atoms with E-state index < -0.39 is 0 Å². The third-order valence-electron chi connectivity index (χ3n) is 3.35. The second-order valence-corrected chi connectivity index (χ2v) is 4.91. The van der Waals surface area contributed by atoms with Gasteiger partial charge < -0.3 is 10.6 Å². The molecule has 0 aliphatic carbocycles. The molecule has 0 spiro atoms. The van der Waals surface area contributed by atoms with Crippen molar-refractivity contribution in [2.75, 3.05) is 6.54 Å². The zero-order valence-electron chi connectivity index (χ0n) is 10.1. The summed E-state index contributed by atoms with van der Waals surface area (Å²) in [5, 5.41) is 0.727. The van der Waals surface area contributed by atoms with Crippen LogP contribution in [0, 0.1) is 6.92 Å². The molecule has 0 saturated carbocycles. The SMILES string of the molecule is CCN1C(=O)CC(N)C1c1ccc(C)c(Cl)c1. The van der Waals surface area contributed by atoms with Crippen molar-refractivity contribution in [3.05, 3.63) is 34.3 Å². The smallest absolute Gasteiger partial charge is 0.224 e. The number of benzene rings is 1. The van der Waals surface area contributed by atoms with Crippen molar-refractivity contribution < 1.29 is 4.79 Å². The van der Waals surface area contributed by atoms with E-state index in [1.165, 1.54) is 0 Å². The third-order valence-corrected chi connectivity index (χ3v) is 3.76. The molecule has 1 amide bonds. The Kier molecular flexibility index (Phi) is 3.40. The Morgan fingerprint density at radius 3 is 2.82 bits per heavy atom. The molecule has 2 atom stereocenters. The highest BCUT2D eigenvalue weighted by molar-refractivity contribution is 6.31. The lowest BCUT2D eigenvalue weighted by molar-refractivity contribution is -0.128. The minimum atomic E-state index is -0.138. The monoisotopic (exact) mass is 252 g/mol. The van der Waals surface area contributed by atoms with Crippen LogP contribution in [0.5, 0.6) is 0 Å². The fraction of sp³-hybridized carbons (Fsp3) is 0.462. The Labute approximate surface area is 107 Å². The first-order chi connectivity index (χ1) is 8.04. The Morgan fingerprint density at radius 1 is 1.53 bits per heavy atom. The molecule has 1 heterocycles. The van der Waals surface area contributed by atoms with E-state index in [1.807, 2.05) is 36.9 Å². The molecule has 2 rings (SSSR count). The number of hydrogen-bond donors (Lipinski definition) is 1. The minimum absolute atomic E-state index is 0.0365. The van der Waals surface area contributed by atoms with Gasteiger partial charge in [0.25, 0.3) is 0 Å². The molecule has 1 saturated heterocycles. The van der Waals surface area contributed by atoms with Crippen molar-refractivity contribution in [2.45, 2.75) is 32.4 Å². The molecule has 0 bridgehead atoms. The molecule has 2 unspecified atom stereocenters. The fourth-order valence-corrected chi connectivity index (χ4v) is 2.60. The van der Waals surface area contributed by atoms with Crippen molar-refractivity contribution in [2.24, 2.45) is 5.73 Å². The van der Waals surface area contributed by atoms with E-state index in [1.54, 1.807) is 0 Å². The lowest BCUT2D eigenvalue weighted by atomic mass is 9.99. The maximum absolute atomic E-state index is 11.8. The predicted molar refractivity (Wildman–Crippen MR) is 68.9 cm³/mol. The number of carbonyl (C=O) groups excluding carboxylic acids is 1. The van der Waals surface area contributed by atoms with Gasteiger partial charge in [0, 0.05) is 24.0 Å². The number of nitrogens with two attached hydrogens (primary N) is 1. The highest BCUT2D eigenvalue weighted by atomic mass is 35.5. The summed E-state index contributed by atoms with van der Waals surface area (Å²) in [6.07, 6.45) is 0.421. The van der Waals surface area contributed by atoms with Gasteiger partial charge in [-0.15, -0.1) is 0 Å². The molecule has 1 aliphatic rings. The van der Waals surface area contributed by atoms with Crippen LogP contribution in [0.3, 0.4) is 0 Å². The molecule has 0 aromatic heterocycles. The zero-order valence-corrected chi connectivity index (χ0v) is 10.9. The van der Waals surface area contributed by atoms with Crippen molar-refractivity contribution >= 4 is 17.5 Å². The van der Waals surface area contributed by atoms with Crippen LogP contribution >= 0.6 is 11.6 Å². The maximum Gasteiger partial charge on any atom is 0.224 e. The Balaban J connectivity index is 2.37. The number of rotatable bonds is 2. The van der Waals surface area contributed by atoms with Gasteiger partial charge in [-0.3, -0.25) is 4.79 Å². The van der Waals surface area contributed by atoms with E-state index in [-0.39, 0.29) is 18.0 Å². The Bertz CT molecular complexity index is 447. The molecule has 3 nitrogen and oxygen atoms in total. The van der Waals surface area contributed by atoms with E-state index in [2.05, 4.69) is 0 Å². The first kappa shape index (κ1) is 12.4. The topological polar surface area (TPSA) is 46.3 Å². The van der Waals surface area contributed by atoms with Gasteiger partial charge in [-0.1, -0.05) is 23.7 Å². The summed E-state index contributed by atoms with van der Waals surface area (Å²) in [5.41, 5.74) is 8.12. The van der Waals surface area contributed by atoms with Gasteiger partial charge in [0.1, 0.15) is 0 Å². The van der Waals surface area contributed by atoms with Gasteiger partial charge >= 0.3 is 0 Å². The molecule has 1 aromatic rings. The van der Waals surface area contributed by atoms with Crippen molar-refractivity contribution in [1.29, 1.82) is 0 Å². The van der Waals surface area contributed by atoms with Gasteiger partial charge in [0.2, 0.25) is 5.91 Å². The van der Waals surface area contributed by atoms with E-state index in [0.717, 1.165) is 16.1 Å². The van der Waals surface area contributed by atoms with Gasteiger partial charge in [-0.2, -0.15) is 0 Å². The number of likely N-dealkylation sites (tertiary alicyclic amines) is 1. The van der Waals surface area contributed by atoms with Gasteiger partial charge in [-0.05, 0) is 31.0 Å². The predicted octanol–water partition coefficient (Wildman–Crippen LogP) is 2.27. The van der Waals surface area contributed by atoms with Crippen LogP contribution in [-0.4, -0.2) is 23.4 Å². The van der Waals surface area contributed by atoms with E-state index in [9.17, 15) is 4.79 Å². The van der Waals surface area contributed by atoms with Crippen LogP contribution in [0.2, 0.25) is 5.02 Å². The number of carbonyl (C=O) groups is 1. The highest BCUT2D eigenvalue weighted by Gasteiger charge is 2.37. The summed E-state index contributed by atoms with van der Waals surface area (Å²) in [4.78, 5) is 13.6. The maximum atomic E-state index is 11.8. The molecule has 1 aromatic carbocycles. The number of nitrogens with zero attached hydrogens (tertiary/aromatic N) is 1.